The van der Waals surface area contributed by atoms with Crippen molar-refractivity contribution in [3.05, 3.63) is 0 Å². The van der Waals surface area contributed by atoms with E-state index in [0.29, 0.717) is 37.3 Å². The molecule has 2 fully saturated rings. The lowest BCUT2D eigenvalue weighted by atomic mass is 9.71. The van der Waals surface area contributed by atoms with Gasteiger partial charge >= 0.3 is 0 Å². The van der Waals surface area contributed by atoms with Gasteiger partial charge < -0.3 is 14.6 Å². The van der Waals surface area contributed by atoms with E-state index < -0.39 is 12.0 Å². The quantitative estimate of drug-likeness (QED) is 0.600. The van der Waals surface area contributed by atoms with E-state index >= 15 is 0 Å². The largest absolute Gasteiger partial charge is 0.371 e. The van der Waals surface area contributed by atoms with Gasteiger partial charge in [-0.05, 0) is 30.6 Å². The van der Waals surface area contributed by atoms with Crippen LogP contribution in [0.5, 0.6) is 0 Å². The van der Waals surface area contributed by atoms with E-state index in [9.17, 15) is 9.90 Å². The highest BCUT2D eigenvalue weighted by molar-refractivity contribution is 5.54. The third kappa shape index (κ3) is 4.75. The molecule has 0 aromatic rings. The summed E-state index contributed by atoms with van der Waals surface area (Å²) in [5, 5.41) is 9.80. The third-order valence-corrected chi connectivity index (χ3v) is 5.33. The molecule has 5 nitrogen and oxygen atoms in total. The van der Waals surface area contributed by atoms with Crippen molar-refractivity contribution in [3.8, 4) is 0 Å². The van der Waals surface area contributed by atoms with Crippen LogP contribution in [-0.4, -0.2) is 54.1 Å². The maximum atomic E-state index is 10.9. The van der Waals surface area contributed by atoms with Gasteiger partial charge in [-0.25, -0.2) is 0 Å². The van der Waals surface area contributed by atoms with Crippen LogP contribution in [0.1, 0.15) is 59.8 Å². The van der Waals surface area contributed by atoms with Gasteiger partial charge in [-0.1, -0.05) is 27.7 Å². The second-order valence-electron chi connectivity index (χ2n) is 8.15. The van der Waals surface area contributed by atoms with Crippen molar-refractivity contribution >= 4 is 6.29 Å². The van der Waals surface area contributed by atoms with Crippen LogP contribution in [0.2, 0.25) is 0 Å². The first-order valence-electron chi connectivity index (χ1n) is 8.99. The van der Waals surface area contributed by atoms with Gasteiger partial charge in [0.15, 0.2) is 18.3 Å². The fraction of sp³-hybridized carbons (Fsp3) is 0.944. The molecule has 2 aliphatic rings. The standard InChI is InChI=1S/C18H33NO4/c1-5-10-19(16(21)12-20)11-15-13-22-18(23-15)8-6-14(7-9-18)17(2,3)4/h12,14-16,21H,5-11,13H2,1-4H3. The van der Waals surface area contributed by atoms with Crippen molar-refractivity contribution in [2.24, 2.45) is 11.3 Å². The Morgan fingerprint density at radius 3 is 2.52 bits per heavy atom. The molecule has 5 heteroatoms. The normalized spacial score (nSPS) is 33.3. The zero-order valence-corrected chi connectivity index (χ0v) is 15.1. The Morgan fingerprint density at radius 1 is 1.35 bits per heavy atom. The van der Waals surface area contributed by atoms with E-state index in [1.165, 1.54) is 0 Å². The highest BCUT2D eigenvalue weighted by atomic mass is 16.7. The first-order chi connectivity index (χ1) is 10.8. The van der Waals surface area contributed by atoms with Gasteiger partial charge in [-0.3, -0.25) is 9.69 Å². The Kier molecular flexibility index (Phi) is 6.22. The number of aliphatic hydroxyl groups is 1. The van der Waals surface area contributed by atoms with Crippen molar-refractivity contribution in [1.29, 1.82) is 0 Å². The fourth-order valence-electron chi connectivity index (χ4n) is 3.86. The number of hydrogen-bond donors (Lipinski definition) is 1. The third-order valence-electron chi connectivity index (χ3n) is 5.33. The predicted octanol–water partition coefficient (Wildman–Crippen LogP) is 2.56. The molecule has 2 atom stereocenters. The molecule has 0 amide bonds. The molecule has 1 spiro atoms. The van der Waals surface area contributed by atoms with E-state index in [1.54, 1.807) is 4.90 Å². The lowest BCUT2D eigenvalue weighted by Gasteiger charge is -2.41. The Balaban J connectivity index is 1.87. The summed E-state index contributed by atoms with van der Waals surface area (Å²) >= 11 is 0. The van der Waals surface area contributed by atoms with E-state index in [-0.39, 0.29) is 6.10 Å². The predicted molar refractivity (Wildman–Crippen MR) is 88.9 cm³/mol. The number of aliphatic hydroxyl groups excluding tert-OH is 1. The molecule has 23 heavy (non-hydrogen) atoms. The topological polar surface area (TPSA) is 59.0 Å². The fourth-order valence-corrected chi connectivity index (χ4v) is 3.86. The second kappa shape index (κ2) is 7.60. The van der Waals surface area contributed by atoms with Crippen molar-refractivity contribution < 1.29 is 19.4 Å². The molecular weight excluding hydrogens is 294 g/mol. The average molecular weight is 327 g/mol. The van der Waals surface area contributed by atoms with E-state index in [1.807, 2.05) is 6.92 Å². The van der Waals surface area contributed by atoms with Gasteiger partial charge in [-0.2, -0.15) is 0 Å². The number of ether oxygens (including phenoxy) is 2. The van der Waals surface area contributed by atoms with Crippen LogP contribution in [0.25, 0.3) is 0 Å². The molecule has 2 rings (SSSR count). The van der Waals surface area contributed by atoms with E-state index in [0.717, 1.165) is 32.1 Å². The van der Waals surface area contributed by atoms with Crippen molar-refractivity contribution in [2.75, 3.05) is 19.7 Å². The average Bonchev–Trinajstić information content (AvgIpc) is 2.88. The smallest absolute Gasteiger partial charge is 0.168 e. The first-order valence-corrected chi connectivity index (χ1v) is 8.99. The second-order valence-corrected chi connectivity index (χ2v) is 8.15. The van der Waals surface area contributed by atoms with Crippen molar-refractivity contribution in [1.82, 2.24) is 4.90 Å². The SMILES string of the molecule is CCCN(CC1COC2(CCC(C(C)(C)C)CC2)O1)C(O)C=O. The summed E-state index contributed by atoms with van der Waals surface area (Å²) in [6.45, 7) is 10.7. The molecular formula is C18H33NO4. The minimum Gasteiger partial charge on any atom is -0.371 e. The zero-order chi connectivity index (χ0) is 17.1. The summed E-state index contributed by atoms with van der Waals surface area (Å²) in [5.41, 5.74) is 0.339. The van der Waals surface area contributed by atoms with Gasteiger partial charge in [-0.15, -0.1) is 0 Å². The van der Waals surface area contributed by atoms with Gasteiger partial charge in [0.05, 0.1) is 12.7 Å². The maximum Gasteiger partial charge on any atom is 0.168 e. The molecule has 1 saturated carbocycles. The molecule has 0 aromatic heterocycles. The van der Waals surface area contributed by atoms with Crippen LogP contribution in [0.4, 0.5) is 0 Å². The zero-order valence-electron chi connectivity index (χ0n) is 15.1. The van der Waals surface area contributed by atoms with E-state index in [2.05, 4.69) is 20.8 Å². The summed E-state index contributed by atoms with van der Waals surface area (Å²) in [5.74, 6) is 0.282. The number of aldehydes is 1. The monoisotopic (exact) mass is 327 g/mol. The van der Waals surface area contributed by atoms with Gasteiger partial charge in [0.1, 0.15) is 0 Å². The maximum absolute atomic E-state index is 10.9. The van der Waals surface area contributed by atoms with Gasteiger partial charge in [0.2, 0.25) is 0 Å². The molecule has 134 valence electrons. The molecule has 1 heterocycles. The van der Waals surface area contributed by atoms with Crippen LogP contribution in [0.15, 0.2) is 0 Å². The van der Waals surface area contributed by atoms with Crippen molar-refractivity contribution in [3.63, 3.8) is 0 Å². The molecule has 1 saturated heterocycles. The van der Waals surface area contributed by atoms with Crippen LogP contribution in [0, 0.1) is 11.3 Å². The molecule has 2 unspecified atom stereocenters. The van der Waals surface area contributed by atoms with Crippen molar-refractivity contribution in [2.45, 2.75) is 77.9 Å². The number of carbonyl (C=O) groups excluding carboxylic acids is 1. The Morgan fingerprint density at radius 2 is 2.00 bits per heavy atom. The van der Waals surface area contributed by atoms with Crippen LogP contribution in [-0.2, 0) is 14.3 Å². The molecule has 0 bridgehead atoms. The highest BCUT2D eigenvalue weighted by Crippen LogP contribution is 2.45. The van der Waals surface area contributed by atoms with Crippen LogP contribution in [0.3, 0.4) is 0 Å². The molecule has 0 radical (unpaired) electrons. The number of carbonyl (C=O) groups is 1. The summed E-state index contributed by atoms with van der Waals surface area (Å²) in [6, 6.07) is 0. The summed E-state index contributed by atoms with van der Waals surface area (Å²) in [6.07, 6.45) is 4.49. The number of nitrogens with zero attached hydrogens (tertiary/aromatic N) is 1. The van der Waals surface area contributed by atoms with Gasteiger partial charge in [0.25, 0.3) is 0 Å². The molecule has 1 aliphatic heterocycles. The minimum absolute atomic E-state index is 0.0673. The summed E-state index contributed by atoms with van der Waals surface area (Å²) in [4.78, 5) is 12.6. The molecule has 1 aliphatic carbocycles. The Labute approximate surface area is 140 Å². The number of hydrogen-bond acceptors (Lipinski definition) is 5. The first kappa shape index (κ1) is 18.8. The van der Waals surface area contributed by atoms with Crippen LogP contribution >= 0.6 is 0 Å². The summed E-state index contributed by atoms with van der Waals surface area (Å²) < 4.78 is 12.3. The van der Waals surface area contributed by atoms with E-state index in [4.69, 9.17) is 9.47 Å². The lowest BCUT2D eigenvalue weighted by Crippen LogP contribution is -2.44. The number of rotatable bonds is 6. The van der Waals surface area contributed by atoms with Crippen LogP contribution < -0.4 is 0 Å². The molecule has 1 N–H and O–H groups in total. The Bertz CT molecular complexity index is 385. The van der Waals surface area contributed by atoms with Gasteiger partial charge in [0, 0.05) is 25.9 Å². The Hall–Kier alpha value is -0.490. The summed E-state index contributed by atoms with van der Waals surface area (Å²) in [7, 11) is 0. The lowest BCUT2D eigenvalue weighted by molar-refractivity contribution is -0.199. The molecule has 0 aromatic carbocycles. The minimum atomic E-state index is -1.05. The highest BCUT2D eigenvalue weighted by Gasteiger charge is 2.46.